The molecule has 0 heterocycles. The van der Waals surface area contributed by atoms with Crippen molar-refractivity contribution in [3.05, 3.63) is 0 Å². The van der Waals surface area contributed by atoms with Crippen LogP contribution in [-0.4, -0.2) is 35.9 Å². The maximum atomic E-state index is 12.0. The number of nitrogens with one attached hydrogen (secondary N) is 2. The van der Waals surface area contributed by atoms with Gasteiger partial charge in [-0.3, -0.25) is 4.79 Å². The standard InChI is InChI=1S/C11H17F3N2O3/c1-10(2,3)19-9(18)16-7-4-6(5-7)15-8(17)11(12,13)14/h6-7H,4-5H2,1-3H3,(H,15,17)(H,16,18). The maximum absolute atomic E-state index is 12.0. The van der Waals surface area contributed by atoms with Crippen LogP contribution in [0.25, 0.3) is 0 Å². The summed E-state index contributed by atoms with van der Waals surface area (Å²) in [4.78, 5) is 22.0. The summed E-state index contributed by atoms with van der Waals surface area (Å²) in [6, 6.07) is -0.831. The van der Waals surface area contributed by atoms with E-state index in [4.69, 9.17) is 4.74 Å². The number of carbonyl (C=O) groups excluding carboxylic acids is 2. The van der Waals surface area contributed by atoms with Crippen molar-refractivity contribution >= 4 is 12.0 Å². The molecule has 110 valence electrons. The molecule has 1 aliphatic rings. The third-order valence-electron chi connectivity index (χ3n) is 2.45. The van der Waals surface area contributed by atoms with E-state index in [1.54, 1.807) is 20.8 Å². The molecule has 1 rings (SSSR count). The highest BCUT2D eigenvalue weighted by molar-refractivity contribution is 5.82. The Kier molecular flexibility index (Phi) is 4.32. The van der Waals surface area contributed by atoms with Gasteiger partial charge in [-0.1, -0.05) is 0 Å². The van der Waals surface area contributed by atoms with Gasteiger partial charge in [-0.05, 0) is 33.6 Å². The molecule has 19 heavy (non-hydrogen) atoms. The van der Waals surface area contributed by atoms with Crippen LogP contribution in [0.2, 0.25) is 0 Å². The average Bonchev–Trinajstić information content (AvgIpc) is 2.09. The van der Waals surface area contributed by atoms with Crippen LogP contribution in [0.15, 0.2) is 0 Å². The Morgan fingerprint density at radius 1 is 1.05 bits per heavy atom. The summed E-state index contributed by atoms with van der Waals surface area (Å²) in [5.74, 6) is -1.95. The van der Waals surface area contributed by atoms with E-state index in [1.165, 1.54) is 0 Å². The van der Waals surface area contributed by atoms with Crippen molar-refractivity contribution in [2.24, 2.45) is 0 Å². The van der Waals surface area contributed by atoms with E-state index in [0.717, 1.165) is 0 Å². The van der Waals surface area contributed by atoms with Crippen LogP contribution in [0.5, 0.6) is 0 Å². The summed E-state index contributed by atoms with van der Waals surface area (Å²) in [7, 11) is 0. The van der Waals surface area contributed by atoms with Gasteiger partial charge in [0.2, 0.25) is 0 Å². The summed E-state index contributed by atoms with van der Waals surface area (Å²) in [5.41, 5.74) is -0.627. The van der Waals surface area contributed by atoms with E-state index in [2.05, 4.69) is 5.32 Å². The molecule has 0 spiro atoms. The van der Waals surface area contributed by atoms with E-state index in [9.17, 15) is 22.8 Å². The van der Waals surface area contributed by atoms with Crippen molar-refractivity contribution in [1.29, 1.82) is 0 Å². The van der Waals surface area contributed by atoms with Gasteiger partial charge < -0.3 is 15.4 Å². The first-order chi connectivity index (χ1) is 8.47. The molecule has 0 atom stereocenters. The van der Waals surface area contributed by atoms with Crippen LogP contribution in [0.3, 0.4) is 0 Å². The topological polar surface area (TPSA) is 67.4 Å². The zero-order valence-corrected chi connectivity index (χ0v) is 10.9. The lowest BCUT2D eigenvalue weighted by Crippen LogP contribution is -2.56. The van der Waals surface area contributed by atoms with E-state index in [-0.39, 0.29) is 18.9 Å². The first kappa shape index (κ1) is 15.6. The molecule has 0 unspecified atom stereocenters. The maximum Gasteiger partial charge on any atom is 0.471 e. The minimum atomic E-state index is -4.87. The minimum Gasteiger partial charge on any atom is -0.444 e. The molecule has 0 saturated heterocycles. The smallest absolute Gasteiger partial charge is 0.444 e. The number of alkyl halides is 3. The molecule has 1 saturated carbocycles. The lowest BCUT2D eigenvalue weighted by atomic mass is 9.87. The van der Waals surface area contributed by atoms with Crippen molar-refractivity contribution in [3.8, 4) is 0 Å². The van der Waals surface area contributed by atoms with Crippen LogP contribution in [0, 0.1) is 0 Å². The lowest BCUT2D eigenvalue weighted by molar-refractivity contribution is -0.175. The molecule has 1 fully saturated rings. The van der Waals surface area contributed by atoms with Crippen molar-refractivity contribution in [3.63, 3.8) is 0 Å². The summed E-state index contributed by atoms with van der Waals surface area (Å²) in [6.45, 7) is 5.12. The Labute approximate surface area is 108 Å². The second kappa shape index (κ2) is 5.26. The Morgan fingerprint density at radius 3 is 1.95 bits per heavy atom. The van der Waals surface area contributed by atoms with Gasteiger partial charge in [-0.25, -0.2) is 4.79 Å². The molecule has 1 aliphatic carbocycles. The first-order valence-electron chi connectivity index (χ1n) is 5.84. The fourth-order valence-electron chi connectivity index (χ4n) is 1.60. The number of rotatable bonds is 2. The van der Waals surface area contributed by atoms with Crippen molar-refractivity contribution in [1.82, 2.24) is 10.6 Å². The van der Waals surface area contributed by atoms with Gasteiger partial charge in [0.1, 0.15) is 5.60 Å². The summed E-state index contributed by atoms with van der Waals surface area (Å²) in [5, 5.41) is 4.37. The van der Waals surface area contributed by atoms with E-state index in [0.29, 0.717) is 0 Å². The molecule has 0 aliphatic heterocycles. The predicted octanol–water partition coefficient (Wildman–Crippen LogP) is 1.72. The molecule has 0 radical (unpaired) electrons. The van der Waals surface area contributed by atoms with Gasteiger partial charge in [0.05, 0.1) is 0 Å². The van der Waals surface area contributed by atoms with Gasteiger partial charge in [0.15, 0.2) is 0 Å². The molecule has 2 amide bonds. The van der Waals surface area contributed by atoms with Gasteiger partial charge in [-0.15, -0.1) is 0 Å². The molecule has 2 N–H and O–H groups in total. The zero-order valence-electron chi connectivity index (χ0n) is 10.9. The Balaban J connectivity index is 2.24. The molecule has 0 aromatic rings. The fraction of sp³-hybridized carbons (Fsp3) is 0.818. The molecular formula is C11H17F3N2O3. The molecular weight excluding hydrogens is 265 g/mol. The largest absolute Gasteiger partial charge is 0.471 e. The second-order valence-corrected chi connectivity index (χ2v) is 5.48. The minimum absolute atomic E-state index is 0.265. The van der Waals surface area contributed by atoms with Crippen molar-refractivity contribution in [2.75, 3.05) is 0 Å². The highest BCUT2D eigenvalue weighted by Gasteiger charge is 2.42. The van der Waals surface area contributed by atoms with Gasteiger partial charge in [-0.2, -0.15) is 13.2 Å². The normalized spacial score (nSPS) is 23.3. The van der Waals surface area contributed by atoms with E-state index >= 15 is 0 Å². The number of hydrogen-bond acceptors (Lipinski definition) is 3. The zero-order chi connectivity index (χ0) is 14.8. The van der Waals surface area contributed by atoms with Gasteiger partial charge >= 0.3 is 18.2 Å². The first-order valence-corrected chi connectivity index (χ1v) is 5.84. The van der Waals surface area contributed by atoms with Crippen molar-refractivity contribution < 1.29 is 27.5 Å². The quantitative estimate of drug-likeness (QED) is 0.810. The average molecular weight is 282 g/mol. The number of halogens is 3. The number of ether oxygens (including phenoxy) is 1. The Hall–Kier alpha value is -1.47. The van der Waals surface area contributed by atoms with Crippen LogP contribution >= 0.6 is 0 Å². The number of carbonyl (C=O) groups is 2. The monoisotopic (exact) mass is 282 g/mol. The number of alkyl carbamates (subject to hydrolysis) is 1. The Morgan fingerprint density at radius 2 is 1.53 bits per heavy atom. The van der Waals surface area contributed by atoms with Crippen LogP contribution in [-0.2, 0) is 9.53 Å². The molecule has 5 nitrogen and oxygen atoms in total. The second-order valence-electron chi connectivity index (χ2n) is 5.48. The lowest BCUT2D eigenvalue weighted by Gasteiger charge is -2.36. The molecule has 0 bridgehead atoms. The highest BCUT2D eigenvalue weighted by Crippen LogP contribution is 2.23. The van der Waals surface area contributed by atoms with Gasteiger partial charge in [0, 0.05) is 12.1 Å². The summed E-state index contributed by atoms with van der Waals surface area (Å²) < 4.78 is 40.9. The summed E-state index contributed by atoms with van der Waals surface area (Å²) in [6.07, 6.45) is -4.95. The highest BCUT2D eigenvalue weighted by atomic mass is 19.4. The third kappa shape index (κ3) is 5.35. The van der Waals surface area contributed by atoms with Crippen molar-refractivity contribution in [2.45, 2.75) is 57.5 Å². The van der Waals surface area contributed by atoms with Crippen LogP contribution in [0.1, 0.15) is 33.6 Å². The van der Waals surface area contributed by atoms with Crippen LogP contribution in [0.4, 0.5) is 18.0 Å². The SMILES string of the molecule is CC(C)(C)OC(=O)NC1CC(NC(=O)C(F)(F)F)C1. The third-order valence-corrected chi connectivity index (χ3v) is 2.45. The number of amides is 2. The number of hydrogen-bond donors (Lipinski definition) is 2. The van der Waals surface area contributed by atoms with E-state index in [1.807, 2.05) is 5.32 Å². The fourth-order valence-corrected chi connectivity index (χ4v) is 1.60. The van der Waals surface area contributed by atoms with Gasteiger partial charge in [0.25, 0.3) is 0 Å². The predicted molar refractivity (Wildman–Crippen MR) is 60.4 cm³/mol. The Bertz CT molecular complexity index is 357. The molecule has 0 aromatic heterocycles. The summed E-state index contributed by atoms with van der Waals surface area (Å²) >= 11 is 0. The van der Waals surface area contributed by atoms with E-state index < -0.39 is 29.8 Å². The molecule has 0 aromatic carbocycles. The molecule has 8 heteroatoms. The van der Waals surface area contributed by atoms with Crippen LogP contribution < -0.4 is 10.6 Å².